The standard InChI is InChI=1S/C35H29F3N4O6.Ni/c1-21(23-13-6-8-16-27(23)41-32(44)28-17-9-10-18-39-28)40-31(33(45)46)25(24-14-5-7-15-26(24)35(36,37)38)19-30(43)42-29(20-48-34(42)47)22-11-3-2-4-12-22;/h2-18,25,29,31H,19-20H2,1H3,(H2,40,41,44,45,46);/p-1/t25-,29-,31+;/m1./s1. The van der Waals surface area contributed by atoms with Gasteiger partial charge in [0.2, 0.25) is 5.91 Å². The van der Waals surface area contributed by atoms with Crippen molar-refractivity contribution < 1.29 is 58.7 Å². The zero-order chi connectivity index (χ0) is 34.4. The maximum absolute atomic E-state index is 14.3. The van der Waals surface area contributed by atoms with Gasteiger partial charge in [-0.1, -0.05) is 78.9 Å². The zero-order valence-corrected chi connectivity index (χ0v) is 26.7. The number of aromatic nitrogens is 1. The molecule has 10 nitrogen and oxygen atoms in total. The topological polar surface area (TPSA) is 140 Å². The number of carbonyl (C=O) groups excluding carboxylic acids is 3. The number of hydrogen-bond acceptors (Lipinski definition) is 7. The van der Waals surface area contributed by atoms with E-state index in [1.54, 1.807) is 54.6 Å². The van der Waals surface area contributed by atoms with Gasteiger partial charge in [0.05, 0.1) is 11.3 Å². The van der Waals surface area contributed by atoms with Crippen LogP contribution < -0.4 is 0 Å². The molecule has 49 heavy (non-hydrogen) atoms. The molecule has 1 aliphatic rings. The van der Waals surface area contributed by atoms with Gasteiger partial charge in [-0.15, -0.1) is 5.69 Å². The number of rotatable bonds is 10. The van der Waals surface area contributed by atoms with E-state index in [0.717, 1.165) is 23.1 Å². The molecule has 3 atom stereocenters. The number of ether oxygens (including phenoxy) is 1. The molecule has 4 aromatic rings. The normalized spacial score (nSPS) is 15.8. The zero-order valence-electron chi connectivity index (χ0n) is 25.7. The molecule has 1 aliphatic heterocycles. The van der Waals surface area contributed by atoms with E-state index in [2.05, 4.69) is 15.3 Å². The molecule has 0 bridgehead atoms. The van der Waals surface area contributed by atoms with Crippen LogP contribution in [-0.2, 0) is 37.0 Å². The second-order valence-electron chi connectivity index (χ2n) is 10.8. The summed E-state index contributed by atoms with van der Waals surface area (Å²) in [5.41, 5.74) is -0.659. The third-order valence-corrected chi connectivity index (χ3v) is 7.75. The first-order chi connectivity index (χ1) is 23.0. The fourth-order valence-electron chi connectivity index (χ4n) is 5.50. The van der Waals surface area contributed by atoms with E-state index >= 15 is 0 Å². The number of carboxylic acid groups (broad SMARTS) is 1. The van der Waals surface area contributed by atoms with Gasteiger partial charge in [0.25, 0.3) is 0 Å². The number of aliphatic carboxylic acids is 1. The Morgan fingerprint density at radius 2 is 1.63 bits per heavy atom. The third kappa shape index (κ3) is 8.39. The molecular weight excluding hydrogens is 688 g/mol. The Bertz CT molecular complexity index is 1860. The number of alkyl halides is 3. The summed E-state index contributed by atoms with van der Waals surface area (Å²) in [6.07, 6.45) is -5.32. The molecule has 1 N–H and O–H groups in total. The number of cyclic esters (lactones) is 1. The Balaban J connectivity index is 0.00000541. The van der Waals surface area contributed by atoms with Crippen LogP contribution in [0.25, 0.3) is 5.32 Å². The number of imide groups is 1. The van der Waals surface area contributed by atoms with E-state index in [1.165, 1.54) is 37.4 Å². The van der Waals surface area contributed by atoms with Crippen LogP contribution in [0.1, 0.15) is 58.0 Å². The quantitative estimate of drug-likeness (QED) is 0.136. The molecule has 1 fully saturated rings. The van der Waals surface area contributed by atoms with Crippen molar-refractivity contribution in [2.75, 3.05) is 6.61 Å². The molecule has 14 heteroatoms. The van der Waals surface area contributed by atoms with Crippen molar-refractivity contribution in [3.8, 4) is 0 Å². The van der Waals surface area contributed by atoms with Crippen molar-refractivity contribution in [3.63, 3.8) is 0 Å². The Kier molecular flexibility index (Phi) is 11.7. The van der Waals surface area contributed by atoms with Crippen molar-refractivity contribution in [2.24, 2.45) is 4.99 Å². The molecular formula is C35H28F3N4NiO6-. The summed E-state index contributed by atoms with van der Waals surface area (Å²) in [5, 5.41) is 14.5. The van der Waals surface area contributed by atoms with E-state index < -0.39 is 65.6 Å². The molecule has 0 aliphatic carbocycles. The van der Waals surface area contributed by atoms with Gasteiger partial charge in [-0.2, -0.15) is 13.2 Å². The number of carboxylic acids is 1. The van der Waals surface area contributed by atoms with Crippen molar-refractivity contribution in [2.45, 2.75) is 37.5 Å². The van der Waals surface area contributed by atoms with Gasteiger partial charge in [-0.25, -0.2) is 14.5 Å². The minimum atomic E-state index is -4.91. The van der Waals surface area contributed by atoms with Crippen LogP contribution in [0.2, 0.25) is 0 Å². The second-order valence-corrected chi connectivity index (χ2v) is 10.8. The molecule has 0 unspecified atom stereocenters. The molecule has 0 radical (unpaired) electrons. The van der Waals surface area contributed by atoms with Crippen LogP contribution in [0.15, 0.2) is 108 Å². The Morgan fingerprint density at radius 3 is 2.31 bits per heavy atom. The Morgan fingerprint density at radius 1 is 0.980 bits per heavy atom. The smallest absolute Gasteiger partial charge is 0.417 e. The van der Waals surface area contributed by atoms with E-state index in [4.69, 9.17) is 4.74 Å². The summed E-state index contributed by atoms with van der Waals surface area (Å²) in [6, 6.07) is 20.9. The number of pyridine rings is 1. The largest absolute Gasteiger partial charge is 0.621 e. The van der Waals surface area contributed by atoms with Crippen LogP contribution in [0.4, 0.5) is 23.7 Å². The number of carbonyl (C=O) groups is 4. The minimum Gasteiger partial charge on any atom is -0.621 e. The van der Waals surface area contributed by atoms with Gasteiger partial charge in [-0.3, -0.25) is 14.8 Å². The Labute approximate surface area is 288 Å². The summed E-state index contributed by atoms with van der Waals surface area (Å²) in [6.45, 7) is 1.24. The van der Waals surface area contributed by atoms with Crippen molar-refractivity contribution >= 4 is 35.3 Å². The van der Waals surface area contributed by atoms with Gasteiger partial charge < -0.3 is 20.0 Å². The maximum Gasteiger partial charge on any atom is 0.417 e. The molecule has 1 aromatic heterocycles. The van der Waals surface area contributed by atoms with E-state index in [-0.39, 0.29) is 45.8 Å². The van der Waals surface area contributed by atoms with Crippen molar-refractivity contribution in [1.82, 2.24) is 9.88 Å². The molecule has 3 amide bonds. The summed E-state index contributed by atoms with van der Waals surface area (Å²) in [5.74, 6) is -4.93. The molecule has 3 aromatic carbocycles. The third-order valence-electron chi connectivity index (χ3n) is 7.75. The average molecular weight is 716 g/mol. The van der Waals surface area contributed by atoms with E-state index in [9.17, 15) is 37.5 Å². The number of halogens is 3. The maximum atomic E-state index is 14.3. The second kappa shape index (κ2) is 15.7. The van der Waals surface area contributed by atoms with Gasteiger partial charge in [0.1, 0.15) is 18.6 Å². The van der Waals surface area contributed by atoms with Crippen molar-refractivity contribution in [1.29, 1.82) is 0 Å². The van der Waals surface area contributed by atoms with Crippen LogP contribution >= 0.6 is 0 Å². The molecule has 1 saturated heterocycles. The average Bonchev–Trinajstić information content (AvgIpc) is 3.48. The number of amides is 3. The monoisotopic (exact) mass is 715 g/mol. The van der Waals surface area contributed by atoms with Crippen LogP contribution in [0.3, 0.4) is 0 Å². The van der Waals surface area contributed by atoms with Gasteiger partial charge in [0, 0.05) is 40.7 Å². The van der Waals surface area contributed by atoms with Gasteiger partial charge in [0.15, 0.2) is 6.04 Å². The van der Waals surface area contributed by atoms with Crippen LogP contribution in [0.5, 0.6) is 0 Å². The molecule has 0 saturated carbocycles. The van der Waals surface area contributed by atoms with Crippen molar-refractivity contribution in [3.05, 3.63) is 137 Å². The van der Waals surface area contributed by atoms with E-state index in [1.807, 2.05) is 0 Å². The first kappa shape index (κ1) is 36.5. The molecule has 5 rings (SSSR count). The predicted molar refractivity (Wildman–Crippen MR) is 168 cm³/mol. The SMILES string of the molecule is CC(=N[C@H](C(=O)O)[C@H](CC(=O)N1C(=O)OC[C@@H]1c1ccccc1)c1ccccc1C(F)(F)F)c1ccccc1[N-]C(=O)c1ccccn1.[Ni]. The first-order valence-corrected chi connectivity index (χ1v) is 14.7. The van der Waals surface area contributed by atoms with E-state index in [0.29, 0.717) is 5.56 Å². The number of hydrogen-bond donors (Lipinski definition) is 1. The van der Waals surface area contributed by atoms with Gasteiger partial charge >= 0.3 is 18.2 Å². The molecule has 256 valence electrons. The number of nitrogens with zero attached hydrogens (tertiary/aromatic N) is 4. The fourth-order valence-corrected chi connectivity index (χ4v) is 5.50. The molecule has 0 spiro atoms. The summed E-state index contributed by atoms with van der Waals surface area (Å²) >= 11 is 0. The molecule has 2 heterocycles. The van der Waals surface area contributed by atoms with Crippen LogP contribution in [0, 0.1) is 0 Å². The predicted octanol–water partition coefficient (Wildman–Crippen LogP) is 7.10. The number of aliphatic imine (C=N–C) groups is 1. The summed E-state index contributed by atoms with van der Waals surface area (Å²) in [7, 11) is 0. The number of para-hydroxylation sites is 1. The first-order valence-electron chi connectivity index (χ1n) is 14.7. The number of benzene rings is 3. The fraction of sp³-hybridized carbons (Fsp3) is 0.200. The Hall–Kier alpha value is -5.36. The summed E-state index contributed by atoms with van der Waals surface area (Å²) < 4.78 is 48.0. The van der Waals surface area contributed by atoms with Crippen LogP contribution in [-0.4, -0.2) is 57.2 Å². The minimum absolute atomic E-state index is 0. The van der Waals surface area contributed by atoms with Gasteiger partial charge in [-0.05, 0) is 41.8 Å². The summed E-state index contributed by atoms with van der Waals surface area (Å²) in [4.78, 5) is 61.3.